The fourth-order valence-electron chi connectivity index (χ4n) is 1.63. The van der Waals surface area contributed by atoms with Crippen LogP contribution in [-0.4, -0.2) is 5.78 Å². The number of carbonyl (C=O) groups excluding carboxylic acids is 1. The molecule has 0 N–H and O–H groups in total. The molecule has 0 aliphatic rings. The molecule has 1 nitrogen and oxygen atoms in total. The molecule has 0 atom stereocenters. The Morgan fingerprint density at radius 1 is 0.889 bits per heavy atom. The van der Waals surface area contributed by atoms with Crippen LogP contribution in [0.1, 0.15) is 15.9 Å². The Kier molecular flexibility index (Phi) is 4.28. The molecule has 0 aliphatic heterocycles. The summed E-state index contributed by atoms with van der Waals surface area (Å²) in [6.45, 7) is 0. The zero-order valence-corrected chi connectivity index (χ0v) is 11.6. The highest BCUT2D eigenvalue weighted by Gasteiger charge is 2.14. The SMILES string of the molecule is O=C(Cc1ccccc1Cl)c1cccc(Cl)c1Cl. The number of hydrogen-bond donors (Lipinski definition) is 0. The number of ketones is 1. The first-order valence-corrected chi connectivity index (χ1v) is 6.43. The van der Waals surface area contributed by atoms with Crippen LogP contribution in [-0.2, 0) is 6.42 Å². The maximum Gasteiger partial charge on any atom is 0.168 e. The summed E-state index contributed by atoms with van der Waals surface area (Å²) in [5.74, 6) is -0.101. The third-order valence-corrected chi connectivity index (χ3v) is 3.75. The van der Waals surface area contributed by atoms with Gasteiger partial charge in [-0.25, -0.2) is 0 Å². The molecule has 0 fully saturated rings. The summed E-state index contributed by atoms with van der Waals surface area (Å²) < 4.78 is 0. The van der Waals surface area contributed by atoms with E-state index in [0.29, 0.717) is 15.6 Å². The quantitative estimate of drug-likeness (QED) is 0.723. The number of hydrogen-bond acceptors (Lipinski definition) is 1. The summed E-state index contributed by atoms with van der Waals surface area (Å²) >= 11 is 17.9. The second kappa shape index (κ2) is 5.75. The molecule has 2 aromatic carbocycles. The van der Waals surface area contributed by atoms with Gasteiger partial charge in [-0.3, -0.25) is 4.79 Å². The van der Waals surface area contributed by atoms with Crippen LogP contribution in [0.5, 0.6) is 0 Å². The third kappa shape index (κ3) is 2.86. The summed E-state index contributed by atoms with van der Waals surface area (Å²) in [4.78, 5) is 12.1. The van der Waals surface area contributed by atoms with Crippen LogP contribution in [0.3, 0.4) is 0 Å². The normalized spacial score (nSPS) is 10.4. The second-order valence-electron chi connectivity index (χ2n) is 3.79. The first-order valence-electron chi connectivity index (χ1n) is 5.30. The predicted molar refractivity (Wildman–Crippen MR) is 75.9 cm³/mol. The average Bonchev–Trinajstić information content (AvgIpc) is 2.35. The monoisotopic (exact) mass is 298 g/mol. The van der Waals surface area contributed by atoms with Gasteiger partial charge in [0.05, 0.1) is 10.0 Å². The zero-order chi connectivity index (χ0) is 13.1. The average molecular weight is 300 g/mol. The van der Waals surface area contributed by atoms with Crippen molar-refractivity contribution in [2.24, 2.45) is 0 Å². The molecule has 2 rings (SSSR count). The molecule has 0 radical (unpaired) electrons. The van der Waals surface area contributed by atoms with Gasteiger partial charge in [-0.1, -0.05) is 59.1 Å². The smallest absolute Gasteiger partial charge is 0.168 e. The van der Waals surface area contributed by atoms with E-state index in [4.69, 9.17) is 34.8 Å². The van der Waals surface area contributed by atoms with Gasteiger partial charge in [0.2, 0.25) is 0 Å². The molecule has 0 saturated carbocycles. The van der Waals surface area contributed by atoms with E-state index >= 15 is 0 Å². The largest absolute Gasteiger partial charge is 0.294 e. The summed E-state index contributed by atoms with van der Waals surface area (Å²) in [7, 11) is 0. The van der Waals surface area contributed by atoms with Gasteiger partial charge in [-0.05, 0) is 23.8 Å². The Morgan fingerprint density at radius 3 is 2.28 bits per heavy atom. The number of halogens is 3. The topological polar surface area (TPSA) is 17.1 Å². The maximum atomic E-state index is 12.1. The molecule has 4 heteroatoms. The fourth-order valence-corrected chi connectivity index (χ4v) is 2.24. The van der Waals surface area contributed by atoms with Crippen molar-refractivity contribution in [3.63, 3.8) is 0 Å². The molecule has 0 aromatic heterocycles. The minimum atomic E-state index is -0.101. The molecule has 0 unspecified atom stereocenters. The first kappa shape index (κ1) is 13.4. The van der Waals surface area contributed by atoms with Crippen LogP contribution in [0.2, 0.25) is 15.1 Å². The van der Waals surface area contributed by atoms with E-state index < -0.39 is 0 Å². The van der Waals surface area contributed by atoms with Crippen molar-refractivity contribution in [1.29, 1.82) is 0 Å². The lowest BCUT2D eigenvalue weighted by atomic mass is 10.0. The lowest BCUT2D eigenvalue weighted by Crippen LogP contribution is -2.04. The highest BCUT2D eigenvalue weighted by atomic mass is 35.5. The molecule has 0 saturated heterocycles. The van der Waals surface area contributed by atoms with Gasteiger partial charge >= 0.3 is 0 Å². The predicted octanol–water partition coefficient (Wildman–Crippen LogP) is 5.07. The number of Topliss-reactive ketones (excluding diaryl/α,β-unsaturated/α-hetero) is 1. The lowest BCUT2D eigenvalue weighted by Gasteiger charge is -2.06. The zero-order valence-electron chi connectivity index (χ0n) is 9.29. The molecular formula is C14H9Cl3O. The third-order valence-electron chi connectivity index (χ3n) is 2.56. The van der Waals surface area contributed by atoms with Gasteiger partial charge in [0.1, 0.15) is 0 Å². The van der Waals surface area contributed by atoms with E-state index in [-0.39, 0.29) is 17.2 Å². The molecule has 0 bridgehead atoms. The van der Waals surface area contributed by atoms with E-state index in [1.165, 1.54) is 0 Å². The van der Waals surface area contributed by atoms with Crippen molar-refractivity contribution in [3.05, 3.63) is 68.7 Å². The van der Waals surface area contributed by atoms with E-state index in [1.807, 2.05) is 18.2 Å². The van der Waals surface area contributed by atoms with Crippen molar-refractivity contribution in [2.45, 2.75) is 6.42 Å². The van der Waals surface area contributed by atoms with Crippen LogP contribution in [0.25, 0.3) is 0 Å². The fraction of sp³-hybridized carbons (Fsp3) is 0.0714. The van der Waals surface area contributed by atoms with Gasteiger partial charge in [-0.15, -0.1) is 0 Å². The highest BCUT2D eigenvalue weighted by molar-refractivity contribution is 6.44. The van der Waals surface area contributed by atoms with Crippen LogP contribution >= 0.6 is 34.8 Å². The van der Waals surface area contributed by atoms with Gasteiger partial charge in [0, 0.05) is 17.0 Å². The van der Waals surface area contributed by atoms with Gasteiger partial charge in [0.15, 0.2) is 5.78 Å². The number of rotatable bonds is 3. The van der Waals surface area contributed by atoms with Crippen LogP contribution < -0.4 is 0 Å². The van der Waals surface area contributed by atoms with Crippen LogP contribution in [0.4, 0.5) is 0 Å². The Balaban J connectivity index is 2.28. The van der Waals surface area contributed by atoms with Crippen molar-refractivity contribution in [2.75, 3.05) is 0 Å². The number of benzene rings is 2. The van der Waals surface area contributed by atoms with Crippen LogP contribution in [0, 0.1) is 0 Å². The summed E-state index contributed by atoms with van der Waals surface area (Å²) in [6.07, 6.45) is 0.208. The Bertz CT molecular complexity index is 593. The summed E-state index contributed by atoms with van der Waals surface area (Å²) in [5.41, 5.74) is 1.20. The molecule has 18 heavy (non-hydrogen) atoms. The van der Waals surface area contributed by atoms with E-state index in [9.17, 15) is 4.79 Å². The Labute approximate surface area is 120 Å². The van der Waals surface area contributed by atoms with E-state index in [2.05, 4.69) is 0 Å². The summed E-state index contributed by atoms with van der Waals surface area (Å²) in [6, 6.07) is 12.2. The standard InChI is InChI=1S/C14H9Cl3O/c15-11-6-2-1-4-9(11)8-13(18)10-5-3-7-12(16)14(10)17/h1-7H,8H2. The van der Waals surface area contributed by atoms with Crippen molar-refractivity contribution in [3.8, 4) is 0 Å². The Hall–Kier alpha value is -1.02. The molecule has 0 spiro atoms. The first-order chi connectivity index (χ1) is 8.59. The van der Waals surface area contributed by atoms with Gasteiger partial charge in [0.25, 0.3) is 0 Å². The minimum absolute atomic E-state index is 0.101. The van der Waals surface area contributed by atoms with Crippen LogP contribution in [0.15, 0.2) is 42.5 Å². The molecule has 2 aromatic rings. The van der Waals surface area contributed by atoms with Crippen molar-refractivity contribution in [1.82, 2.24) is 0 Å². The minimum Gasteiger partial charge on any atom is -0.294 e. The molecule has 92 valence electrons. The van der Waals surface area contributed by atoms with Crippen molar-refractivity contribution < 1.29 is 4.79 Å². The van der Waals surface area contributed by atoms with E-state index in [1.54, 1.807) is 24.3 Å². The number of carbonyl (C=O) groups is 1. The highest BCUT2D eigenvalue weighted by Crippen LogP contribution is 2.27. The van der Waals surface area contributed by atoms with Gasteiger partial charge < -0.3 is 0 Å². The van der Waals surface area contributed by atoms with Crippen molar-refractivity contribution >= 4 is 40.6 Å². The molecule has 0 aliphatic carbocycles. The lowest BCUT2D eigenvalue weighted by molar-refractivity contribution is 0.0993. The second-order valence-corrected chi connectivity index (χ2v) is 4.99. The van der Waals surface area contributed by atoms with E-state index in [0.717, 1.165) is 5.56 Å². The molecule has 0 amide bonds. The molecular weight excluding hydrogens is 291 g/mol. The van der Waals surface area contributed by atoms with Gasteiger partial charge in [-0.2, -0.15) is 0 Å². The molecule has 0 heterocycles. The Morgan fingerprint density at radius 2 is 1.56 bits per heavy atom. The summed E-state index contributed by atoms with van der Waals surface area (Å²) in [5, 5.41) is 1.24. The maximum absolute atomic E-state index is 12.1.